The van der Waals surface area contributed by atoms with Gasteiger partial charge in [-0.1, -0.05) is 12.1 Å². The maximum atomic E-state index is 12.9. The summed E-state index contributed by atoms with van der Waals surface area (Å²) in [7, 11) is 3.75. The first-order valence-corrected chi connectivity index (χ1v) is 8.13. The highest BCUT2D eigenvalue weighted by Gasteiger charge is 2.33. The molecule has 0 spiro atoms. The summed E-state index contributed by atoms with van der Waals surface area (Å²) in [5.74, 6) is 0. The van der Waals surface area contributed by atoms with Crippen LogP contribution in [-0.2, 0) is 6.18 Å². The molecular weight excluding hydrogens is 339 g/mol. The van der Waals surface area contributed by atoms with E-state index >= 15 is 0 Å². The molecule has 0 aliphatic rings. The zero-order valence-corrected chi connectivity index (χ0v) is 14.0. The maximum absolute atomic E-state index is 12.9. The summed E-state index contributed by atoms with van der Waals surface area (Å²) in [4.78, 5) is 13.9. The molecule has 0 aliphatic carbocycles. The van der Waals surface area contributed by atoms with Crippen LogP contribution in [0.4, 0.5) is 23.7 Å². The zero-order chi connectivity index (χ0) is 17.7. The number of anilines is 1. The number of amides is 2. The molecule has 0 fully saturated rings. The molecule has 2 N–H and O–H groups in total. The molecule has 1 heterocycles. The number of hydrogen-bond donors (Lipinski definition) is 2. The summed E-state index contributed by atoms with van der Waals surface area (Å²) in [5.41, 5.74) is -0.0948. The maximum Gasteiger partial charge on any atom is 0.418 e. The number of halogens is 3. The van der Waals surface area contributed by atoms with E-state index in [1.165, 1.54) is 18.2 Å². The lowest BCUT2D eigenvalue weighted by atomic mass is 10.1. The van der Waals surface area contributed by atoms with Crippen LogP contribution in [0.3, 0.4) is 0 Å². The van der Waals surface area contributed by atoms with E-state index in [2.05, 4.69) is 10.6 Å². The van der Waals surface area contributed by atoms with Crippen molar-refractivity contribution in [1.29, 1.82) is 0 Å². The van der Waals surface area contributed by atoms with E-state index < -0.39 is 17.8 Å². The number of thiophene rings is 1. The van der Waals surface area contributed by atoms with Gasteiger partial charge in [-0.3, -0.25) is 0 Å². The number of nitrogens with one attached hydrogen (secondary N) is 2. The van der Waals surface area contributed by atoms with Crippen molar-refractivity contribution >= 4 is 23.1 Å². The molecule has 0 aliphatic heterocycles. The lowest BCUT2D eigenvalue weighted by Gasteiger charge is -2.24. The zero-order valence-electron chi connectivity index (χ0n) is 13.2. The van der Waals surface area contributed by atoms with Gasteiger partial charge >= 0.3 is 12.2 Å². The second-order valence-electron chi connectivity index (χ2n) is 5.41. The average Bonchev–Trinajstić information content (AvgIpc) is 3.00. The molecule has 1 aromatic heterocycles. The molecule has 4 nitrogen and oxygen atoms in total. The molecule has 8 heteroatoms. The number of rotatable bonds is 5. The Bertz CT molecular complexity index is 671. The van der Waals surface area contributed by atoms with Crippen molar-refractivity contribution in [3.05, 3.63) is 52.2 Å². The number of urea groups is 1. The summed E-state index contributed by atoms with van der Waals surface area (Å²) in [6.07, 6.45) is -4.52. The molecule has 1 aromatic carbocycles. The Balaban J connectivity index is 2.01. The highest BCUT2D eigenvalue weighted by Crippen LogP contribution is 2.34. The lowest BCUT2D eigenvalue weighted by Crippen LogP contribution is -2.37. The fraction of sp³-hybridized carbons (Fsp3) is 0.312. The first kappa shape index (κ1) is 18.3. The van der Waals surface area contributed by atoms with Crippen molar-refractivity contribution < 1.29 is 18.0 Å². The third-order valence-electron chi connectivity index (χ3n) is 3.49. The second-order valence-corrected chi connectivity index (χ2v) is 6.19. The molecule has 0 radical (unpaired) electrons. The smallest absolute Gasteiger partial charge is 0.336 e. The van der Waals surface area contributed by atoms with Gasteiger partial charge in [0.05, 0.1) is 17.3 Å². The van der Waals surface area contributed by atoms with E-state index in [0.717, 1.165) is 11.6 Å². The van der Waals surface area contributed by atoms with Gasteiger partial charge in [0, 0.05) is 6.54 Å². The number of likely N-dealkylation sites (N-methyl/N-ethyl adjacent to an activating group) is 1. The molecule has 2 aromatic rings. The third kappa shape index (κ3) is 4.72. The Kier molecular flexibility index (Phi) is 5.84. The van der Waals surface area contributed by atoms with Crippen LogP contribution >= 0.6 is 11.3 Å². The Morgan fingerprint density at radius 3 is 2.54 bits per heavy atom. The predicted molar refractivity (Wildman–Crippen MR) is 89.2 cm³/mol. The number of carbonyl (C=O) groups excluding carboxylic acids is 1. The Morgan fingerprint density at radius 1 is 1.25 bits per heavy atom. The molecule has 2 amide bonds. The highest BCUT2D eigenvalue weighted by molar-refractivity contribution is 7.07. The van der Waals surface area contributed by atoms with Gasteiger partial charge < -0.3 is 15.5 Å². The van der Waals surface area contributed by atoms with E-state index in [0.29, 0.717) is 0 Å². The summed E-state index contributed by atoms with van der Waals surface area (Å²) in [6.45, 7) is 0.281. The summed E-state index contributed by atoms with van der Waals surface area (Å²) in [5, 5.41) is 8.81. The van der Waals surface area contributed by atoms with Gasteiger partial charge in [0.15, 0.2) is 0 Å². The SMILES string of the molecule is CN(C)C(CNC(=O)Nc1ccccc1C(F)(F)F)c1ccsc1. The first-order chi connectivity index (χ1) is 11.3. The number of carbonyl (C=O) groups is 1. The van der Waals surface area contributed by atoms with E-state index in [4.69, 9.17) is 0 Å². The van der Waals surface area contributed by atoms with Crippen molar-refractivity contribution in [2.24, 2.45) is 0 Å². The molecular formula is C16H18F3N3OS. The summed E-state index contributed by atoms with van der Waals surface area (Å²) in [6, 6.07) is 6.11. The van der Waals surface area contributed by atoms with Crippen molar-refractivity contribution in [3.63, 3.8) is 0 Å². The Hall–Kier alpha value is -2.06. The molecule has 24 heavy (non-hydrogen) atoms. The van der Waals surface area contributed by atoms with Crippen molar-refractivity contribution in [2.45, 2.75) is 12.2 Å². The minimum Gasteiger partial charge on any atom is -0.336 e. The molecule has 0 saturated heterocycles. The number of hydrogen-bond acceptors (Lipinski definition) is 3. The standard InChI is InChI=1S/C16H18F3N3OS/c1-22(2)14(11-7-8-24-10-11)9-20-15(23)21-13-6-4-3-5-12(13)16(17,18)19/h3-8,10,14H,9H2,1-2H3,(H2,20,21,23). The minimum absolute atomic E-state index is 0.0557. The van der Waals surface area contributed by atoms with Gasteiger partial charge in [-0.25, -0.2) is 4.79 Å². The van der Waals surface area contributed by atoms with Crippen LogP contribution in [0.15, 0.2) is 41.1 Å². The van der Waals surface area contributed by atoms with Crippen LogP contribution in [0.5, 0.6) is 0 Å². The predicted octanol–water partition coefficient (Wildman–Crippen LogP) is 4.19. The third-order valence-corrected chi connectivity index (χ3v) is 4.19. The molecule has 2 rings (SSSR count). The van der Waals surface area contributed by atoms with Crippen molar-refractivity contribution in [2.75, 3.05) is 26.0 Å². The van der Waals surface area contributed by atoms with Gasteiger partial charge in [-0.2, -0.15) is 24.5 Å². The Morgan fingerprint density at radius 2 is 1.96 bits per heavy atom. The van der Waals surface area contributed by atoms with E-state index in [-0.39, 0.29) is 18.3 Å². The number of para-hydroxylation sites is 1. The normalized spacial score (nSPS) is 12.9. The first-order valence-electron chi connectivity index (χ1n) is 7.18. The molecule has 1 unspecified atom stereocenters. The highest BCUT2D eigenvalue weighted by atomic mass is 32.1. The molecule has 0 bridgehead atoms. The minimum atomic E-state index is -4.52. The van der Waals surface area contributed by atoms with E-state index in [1.807, 2.05) is 35.8 Å². The van der Waals surface area contributed by atoms with Gasteiger partial charge in [0.2, 0.25) is 0 Å². The quantitative estimate of drug-likeness (QED) is 0.843. The fourth-order valence-corrected chi connectivity index (χ4v) is 2.97. The summed E-state index contributed by atoms with van der Waals surface area (Å²) >= 11 is 1.55. The Labute approximate surface area is 142 Å². The van der Waals surface area contributed by atoms with E-state index in [1.54, 1.807) is 11.3 Å². The van der Waals surface area contributed by atoms with Gasteiger partial charge in [-0.05, 0) is 48.6 Å². The number of alkyl halides is 3. The van der Waals surface area contributed by atoms with E-state index in [9.17, 15) is 18.0 Å². The van der Waals surface area contributed by atoms with Crippen LogP contribution in [0, 0.1) is 0 Å². The monoisotopic (exact) mass is 357 g/mol. The number of benzene rings is 1. The van der Waals surface area contributed by atoms with Crippen molar-refractivity contribution in [3.8, 4) is 0 Å². The fourth-order valence-electron chi connectivity index (χ4n) is 2.26. The molecule has 130 valence electrons. The largest absolute Gasteiger partial charge is 0.418 e. The van der Waals surface area contributed by atoms with Gasteiger partial charge in [0.25, 0.3) is 0 Å². The van der Waals surface area contributed by atoms with Crippen LogP contribution in [0.2, 0.25) is 0 Å². The lowest BCUT2D eigenvalue weighted by molar-refractivity contribution is -0.136. The number of nitrogens with zero attached hydrogens (tertiary/aromatic N) is 1. The molecule has 0 saturated carbocycles. The summed E-state index contributed by atoms with van der Waals surface area (Å²) < 4.78 is 38.8. The van der Waals surface area contributed by atoms with Gasteiger partial charge in [-0.15, -0.1) is 0 Å². The average molecular weight is 357 g/mol. The van der Waals surface area contributed by atoms with Crippen LogP contribution in [-0.4, -0.2) is 31.6 Å². The topological polar surface area (TPSA) is 44.4 Å². The van der Waals surface area contributed by atoms with Crippen LogP contribution < -0.4 is 10.6 Å². The van der Waals surface area contributed by atoms with Crippen LogP contribution in [0.1, 0.15) is 17.2 Å². The van der Waals surface area contributed by atoms with Gasteiger partial charge in [0.1, 0.15) is 0 Å². The second kappa shape index (κ2) is 7.67. The van der Waals surface area contributed by atoms with Crippen molar-refractivity contribution in [1.82, 2.24) is 10.2 Å². The van der Waals surface area contributed by atoms with Crippen LogP contribution in [0.25, 0.3) is 0 Å². The molecule has 1 atom stereocenters.